The van der Waals surface area contributed by atoms with Crippen molar-refractivity contribution in [3.8, 4) is 11.9 Å². The van der Waals surface area contributed by atoms with Gasteiger partial charge >= 0.3 is 6.36 Å². The minimum absolute atomic E-state index is 0.0629. The van der Waals surface area contributed by atoms with Crippen LogP contribution < -0.4 is 15.4 Å². The Hall–Kier alpha value is -3.53. The van der Waals surface area contributed by atoms with Crippen LogP contribution in [0, 0.1) is 11.5 Å². The van der Waals surface area contributed by atoms with Crippen molar-refractivity contribution >= 4 is 46.5 Å². The number of guanidine groups is 1. The van der Waals surface area contributed by atoms with Crippen LogP contribution in [0.4, 0.5) is 18.9 Å². The van der Waals surface area contributed by atoms with Crippen LogP contribution in [0.3, 0.4) is 0 Å². The van der Waals surface area contributed by atoms with Gasteiger partial charge in [0, 0.05) is 11.6 Å². The SMILES string of the molecule is CCN1CCC[C@@H]1C(=O)N[C@H]1CN(C(=Nc2cccc(OC(F)(F)F)c2)NC#N)N=C1c1ccc(Cl)c(Cl)c1. The number of ether oxygens (including phenoxy) is 1. The molecule has 1 saturated heterocycles. The summed E-state index contributed by atoms with van der Waals surface area (Å²) in [6, 6.07) is 9.03. The fourth-order valence-electron chi connectivity index (χ4n) is 4.50. The number of likely N-dealkylation sites (tertiary alicyclic amines) is 1. The first-order chi connectivity index (χ1) is 18.6. The van der Waals surface area contributed by atoms with Gasteiger partial charge in [-0.25, -0.2) is 10.0 Å². The number of nitrogens with one attached hydrogen (secondary N) is 2. The summed E-state index contributed by atoms with van der Waals surface area (Å²) in [5.74, 6) is -0.687. The number of carbonyl (C=O) groups is 1. The highest BCUT2D eigenvalue weighted by molar-refractivity contribution is 6.42. The van der Waals surface area contributed by atoms with Gasteiger partial charge in [-0.1, -0.05) is 42.3 Å². The predicted octanol–water partition coefficient (Wildman–Crippen LogP) is 4.64. The first-order valence-corrected chi connectivity index (χ1v) is 12.8. The molecule has 2 atom stereocenters. The van der Waals surface area contributed by atoms with Gasteiger partial charge in [0.25, 0.3) is 0 Å². The Kier molecular flexibility index (Phi) is 8.84. The van der Waals surface area contributed by atoms with Crippen LogP contribution in [-0.4, -0.2) is 65.6 Å². The normalized spacial score (nSPS) is 20.0. The Labute approximate surface area is 232 Å². The highest BCUT2D eigenvalue weighted by atomic mass is 35.5. The summed E-state index contributed by atoms with van der Waals surface area (Å²) in [5, 5.41) is 21.4. The number of nitrogens with zero attached hydrogens (tertiary/aromatic N) is 5. The first-order valence-electron chi connectivity index (χ1n) is 12.0. The van der Waals surface area contributed by atoms with Gasteiger partial charge in [-0.2, -0.15) is 10.4 Å². The average Bonchev–Trinajstić information content (AvgIpc) is 3.52. The Morgan fingerprint density at radius 1 is 1.26 bits per heavy atom. The van der Waals surface area contributed by atoms with Gasteiger partial charge in [-0.05, 0) is 50.2 Å². The van der Waals surface area contributed by atoms with Crippen LogP contribution in [0.25, 0.3) is 0 Å². The number of hydrazone groups is 1. The average molecular weight is 582 g/mol. The molecule has 0 saturated carbocycles. The summed E-state index contributed by atoms with van der Waals surface area (Å²) in [5.41, 5.74) is 1.12. The molecule has 0 aromatic heterocycles. The lowest BCUT2D eigenvalue weighted by Crippen LogP contribution is -2.51. The van der Waals surface area contributed by atoms with E-state index in [1.54, 1.807) is 24.4 Å². The number of nitriles is 1. The van der Waals surface area contributed by atoms with Crippen LogP contribution >= 0.6 is 23.2 Å². The second kappa shape index (κ2) is 12.1. The van der Waals surface area contributed by atoms with Crippen molar-refractivity contribution in [2.24, 2.45) is 10.1 Å². The lowest BCUT2D eigenvalue weighted by Gasteiger charge is -2.24. The van der Waals surface area contributed by atoms with Gasteiger partial charge < -0.3 is 10.1 Å². The Balaban J connectivity index is 1.66. The lowest BCUT2D eigenvalue weighted by atomic mass is 10.0. The Morgan fingerprint density at radius 3 is 2.74 bits per heavy atom. The van der Waals surface area contributed by atoms with Gasteiger partial charge in [0.1, 0.15) is 5.75 Å². The molecule has 0 spiro atoms. The van der Waals surface area contributed by atoms with Crippen molar-refractivity contribution in [3.05, 3.63) is 58.1 Å². The van der Waals surface area contributed by atoms with Crippen LogP contribution in [0.15, 0.2) is 52.6 Å². The number of benzene rings is 2. The molecular weight excluding hydrogens is 558 g/mol. The van der Waals surface area contributed by atoms with E-state index in [0.717, 1.165) is 38.1 Å². The van der Waals surface area contributed by atoms with E-state index in [0.29, 0.717) is 21.3 Å². The van der Waals surface area contributed by atoms with Crippen molar-refractivity contribution in [1.82, 2.24) is 20.5 Å². The smallest absolute Gasteiger partial charge is 0.406 e. The van der Waals surface area contributed by atoms with E-state index in [1.807, 2.05) is 6.92 Å². The fraction of sp³-hybridized carbons (Fsp3) is 0.360. The monoisotopic (exact) mass is 581 g/mol. The number of likely N-dealkylation sites (N-methyl/N-ethyl adjacent to an activating group) is 1. The molecule has 2 aromatic carbocycles. The number of aliphatic imine (C=N–C) groups is 1. The maximum Gasteiger partial charge on any atom is 0.573 e. The molecule has 39 heavy (non-hydrogen) atoms. The van der Waals surface area contributed by atoms with Gasteiger partial charge in [0.15, 0.2) is 6.19 Å². The van der Waals surface area contributed by atoms with Crippen molar-refractivity contribution in [2.45, 2.75) is 38.2 Å². The molecule has 14 heteroatoms. The second-order valence-corrected chi connectivity index (χ2v) is 9.58. The largest absolute Gasteiger partial charge is 0.573 e. The van der Waals surface area contributed by atoms with E-state index in [2.05, 4.69) is 30.4 Å². The number of hydrogen-bond donors (Lipinski definition) is 2. The number of amides is 1. The zero-order valence-electron chi connectivity index (χ0n) is 20.7. The second-order valence-electron chi connectivity index (χ2n) is 8.76. The molecule has 0 aliphatic carbocycles. The number of carbonyl (C=O) groups excluding carboxylic acids is 1. The Morgan fingerprint density at radius 2 is 2.05 bits per heavy atom. The quantitative estimate of drug-likeness (QED) is 0.223. The van der Waals surface area contributed by atoms with Crippen molar-refractivity contribution in [1.29, 1.82) is 5.26 Å². The van der Waals surface area contributed by atoms with Crippen molar-refractivity contribution in [2.75, 3.05) is 19.6 Å². The number of halogens is 5. The van der Waals surface area contributed by atoms with E-state index in [9.17, 15) is 23.2 Å². The van der Waals surface area contributed by atoms with Gasteiger partial charge in [0.2, 0.25) is 11.9 Å². The number of alkyl halides is 3. The van der Waals surface area contributed by atoms with Crippen molar-refractivity contribution < 1.29 is 22.7 Å². The molecule has 1 fully saturated rings. The minimum Gasteiger partial charge on any atom is -0.406 e. The molecule has 0 radical (unpaired) electrons. The molecule has 206 valence electrons. The molecule has 0 unspecified atom stereocenters. The van der Waals surface area contributed by atoms with E-state index >= 15 is 0 Å². The molecule has 2 aliphatic rings. The van der Waals surface area contributed by atoms with E-state index in [-0.39, 0.29) is 30.1 Å². The third kappa shape index (κ3) is 7.11. The molecule has 9 nitrogen and oxygen atoms in total. The highest BCUT2D eigenvalue weighted by Gasteiger charge is 2.36. The standard InChI is InChI=1S/C25H24Cl2F3N7O2/c1-2-36-10-4-7-21(36)23(38)34-20-13-37(35-22(20)15-8-9-18(26)19(27)11-15)24(32-14-31)33-16-5-3-6-17(12-16)39-25(28,29)30/h3,5-6,8-9,11-12,20-21H,2,4,7,10,13H2,1H3,(H,32,33)(H,34,38)/t20-,21+/m0/s1. The summed E-state index contributed by atoms with van der Waals surface area (Å²) in [6.07, 6.45) is -1.46. The third-order valence-corrected chi connectivity index (χ3v) is 6.96. The molecule has 2 heterocycles. The molecule has 1 amide bonds. The summed E-state index contributed by atoms with van der Waals surface area (Å²) < 4.78 is 42.0. The highest BCUT2D eigenvalue weighted by Crippen LogP contribution is 2.28. The van der Waals surface area contributed by atoms with Crippen LogP contribution in [0.1, 0.15) is 25.3 Å². The minimum atomic E-state index is -4.87. The van der Waals surface area contributed by atoms with Crippen molar-refractivity contribution in [3.63, 3.8) is 0 Å². The van der Waals surface area contributed by atoms with E-state index in [1.165, 1.54) is 17.1 Å². The molecule has 4 rings (SSSR count). The van der Waals surface area contributed by atoms with Gasteiger partial charge in [-0.15, -0.1) is 13.2 Å². The number of hydrogen-bond acceptors (Lipinski definition) is 6. The van der Waals surface area contributed by atoms with E-state index in [4.69, 9.17) is 23.2 Å². The zero-order valence-corrected chi connectivity index (χ0v) is 22.2. The van der Waals surface area contributed by atoms with Gasteiger partial charge in [-0.3, -0.25) is 15.0 Å². The van der Waals surface area contributed by atoms with Crippen LogP contribution in [0.2, 0.25) is 10.0 Å². The topological polar surface area (TPSA) is 105 Å². The molecule has 2 aliphatic heterocycles. The third-order valence-electron chi connectivity index (χ3n) is 6.22. The number of rotatable bonds is 6. The first kappa shape index (κ1) is 28.5. The maximum absolute atomic E-state index is 13.2. The summed E-state index contributed by atoms with van der Waals surface area (Å²) in [4.78, 5) is 19.6. The molecule has 2 N–H and O–H groups in total. The maximum atomic E-state index is 13.2. The summed E-state index contributed by atoms with van der Waals surface area (Å²) in [6.45, 7) is 3.66. The Bertz CT molecular complexity index is 1330. The lowest BCUT2D eigenvalue weighted by molar-refractivity contribution is -0.274. The van der Waals surface area contributed by atoms with Crippen LogP contribution in [-0.2, 0) is 4.79 Å². The summed E-state index contributed by atoms with van der Waals surface area (Å²) in [7, 11) is 0. The zero-order chi connectivity index (χ0) is 28.2. The molecular formula is C25H24Cl2F3N7O2. The van der Waals surface area contributed by atoms with E-state index < -0.39 is 18.2 Å². The summed E-state index contributed by atoms with van der Waals surface area (Å²) >= 11 is 12.3. The van der Waals surface area contributed by atoms with Crippen LogP contribution in [0.5, 0.6) is 5.75 Å². The fourth-order valence-corrected chi connectivity index (χ4v) is 4.80. The molecule has 0 bridgehead atoms. The molecule has 2 aromatic rings. The predicted molar refractivity (Wildman–Crippen MR) is 141 cm³/mol. The van der Waals surface area contributed by atoms with Gasteiger partial charge in [0.05, 0.1) is 40.1 Å².